The summed E-state index contributed by atoms with van der Waals surface area (Å²) >= 11 is 5.72. The SMILES string of the molecule is N#Cc1ccc(S(=O)(=O)NC[C@H](O)C(=O)O)c(Cl)c1. The predicted molar refractivity (Wildman–Crippen MR) is 65.0 cm³/mol. The topological polar surface area (TPSA) is 127 Å². The second-order valence-electron chi connectivity index (χ2n) is 3.46. The van der Waals surface area contributed by atoms with Crippen molar-refractivity contribution in [2.45, 2.75) is 11.0 Å². The Morgan fingerprint density at radius 2 is 2.16 bits per heavy atom. The minimum absolute atomic E-state index is 0.170. The van der Waals surface area contributed by atoms with Gasteiger partial charge in [-0.05, 0) is 18.2 Å². The number of benzene rings is 1. The van der Waals surface area contributed by atoms with Gasteiger partial charge in [0.25, 0.3) is 0 Å². The number of hydrogen-bond donors (Lipinski definition) is 3. The number of nitrogens with zero attached hydrogens (tertiary/aromatic N) is 1. The van der Waals surface area contributed by atoms with E-state index in [-0.39, 0.29) is 15.5 Å². The maximum Gasteiger partial charge on any atom is 0.333 e. The van der Waals surface area contributed by atoms with Crippen molar-refractivity contribution in [1.82, 2.24) is 4.72 Å². The predicted octanol–water partition coefficient (Wildman–Crippen LogP) is -0.0645. The van der Waals surface area contributed by atoms with Crippen LogP contribution in [-0.4, -0.2) is 37.2 Å². The largest absolute Gasteiger partial charge is 0.479 e. The number of carboxylic acid groups (broad SMARTS) is 1. The number of carboxylic acids is 1. The fourth-order valence-electron chi connectivity index (χ4n) is 1.14. The molecule has 9 heteroatoms. The van der Waals surface area contributed by atoms with Crippen LogP contribution in [0.3, 0.4) is 0 Å². The van der Waals surface area contributed by atoms with Crippen molar-refractivity contribution >= 4 is 27.6 Å². The zero-order valence-electron chi connectivity index (χ0n) is 9.37. The van der Waals surface area contributed by atoms with Gasteiger partial charge in [-0.2, -0.15) is 5.26 Å². The van der Waals surface area contributed by atoms with Gasteiger partial charge in [0.1, 0.15) is 4.90 Å². The number of nitrogens with one attached hydrogen (secondary N) is 1. The molecule has 0 heterocycles. The molecule has 1 atom stereocenters. The number of rotatable bonds is 5. The highest BCUT2D eigenvalue weighted by Crippen LogP contribution is 2.22. The lowest BCUT2D eigenvalue weighted by atomic mass is 10.2. The zero-order chi connectivity index (χ0) is 14.6. The Labute approximate surface area is 114 Å². The van der Waals surface area contributed by atoms with Crippen LogP contribution >= 0.6 is 11.6 Å². The number of nitriles is 1. The van der Waals surface area contributed by atoms with Crippen LogP contribution < -0.4 is 4.72 Å². The first-order valence-electron chi connectivity index (χ1n) is 4.88. The van der Waals surface area contributed by atoms with Crippen LogP contribution in [0.1, 0.15) is 5.56 Å². The molecule has 102 valence electrons. The molecule has 0 aliphatic rings. The van der Waals surface area contributed by atoms with E-state index < -0.39 is 28.6 Å². The smallest absolute Gasteiger partial charge is 0.333 e. The fourth-order valence-corrected chi connectivity index (χ4v) is 2.72. The molecule has 0 amide bonds. The number of sulfonamides is 1. The first kappa shape index (κ1) is 15.4. The lowest BCUT2D eigenvalue weighted by molar-refractivity contribution is -0.146. The molecule has 0 radical (unpaired) electrons. The third kappa shape index (κ3) is 3.90. The second-order valence-corrected chi connectivity index (χ2v) is 5.61. The second kappa shape index (κ2) is 5.99. The molecule has 0 aliphatic heterocycles. The Morgan fingerprint density at radius 3 is 2.63 bits per heavy atom. The summed E-state index contributed by atoms with van der Waals surface area (Å²) in [5.41, 5.74) is 0.189. The van der Waals surface area contributed by atoms with Crippen LogP contribution in [0.25, 0.3) is 0 Å². The summed E-state index contributed by atoms with van der Waals surface area (Å²) in [6.45, 7) is -0.687. The quantitative estimate of drug-likeness (QED) is 0.699. The van der Waals surface area contributed by atoms with Crippen molar-refractivity contribution in [2.24, 2.45) is 0 Å². The van der Waals surface area contributed by atoms with Crippen molar-refractivity contribution in [3.8, 4) is 6.07 Å². The number of carbonyl (C=O) groups is 1. The molecule has 0 bridgehead atoms. The van der Waals surface area contributed by atoms with Gasteiger partial charge in [-0.1, -0.05) is 11.6 Å². The third-order valence-electron chi connectivity index (χ3n) is 2.10. The minimum atomic E-state index is -4.06. The van der Waals surface area contributed by atoms with E-state index in [2.05, 4.69) is 0 Å². The molecule has 3 N–H and O–H groups in total. The maximum atomic E-state index is 11.8. The average Bonchev–Trinajstić information content (AvgIpc) is 2.35. The summed E-state index contributed by atoms with van der Waals surface area (Å²) < 4.78 is 25.5. The molecule has 19 heavy (non-hydrogen) atoms. The minimum Gasteiger partial charge on any atom is -0.479 e. The number of halogens is 1. The highest BCUT2D eigenvalue weighted by Gasteiger charge is 2.21. The van der Waals surface area contributed by atoms with Gasteiger partial charge in [0.2, 0.25) is 10.0 Å². The first-order chi connectivity index (χ1) is 8.77. The van der Waals surface area contributed by atoms with Crippen molar-refractivity contribution in [3.05, 3.63) is 28.8 Å². The molecule has 1 aromatic carbocycles. The summed E-state index contributed by atoms with van der Waals surface area (Å²) in [6, 6.07) is 5.34. The molecule has 1 rings (SSSR count). The van der Waals surface area contributed by atoms with Crippen LogP contribution in [-0.2, 0) is 14.8 Å². The Morgan fingerprint density at radius 1 is 1.53 bits per heavy atom. The molecular weight excluding hydrogens is 296 g/mol. The van der Waals surface area contributed by atoms with E-state index >= 15 is 0 Å². The van der Waals surface area contributed by atoms with E-state index in [1.807, 2.05) is 4.72 Å². The molecule has 7 nitrogen and oxygen atoms in total. The summed E-state index contributed by atoms with van der Waals surface area (Å²) in [7, 11) is -4.06. The summed E-state index contributed by atoms with van der Waals surface area (Å²) in [6.07, 6.45) is -1.85. The molecule has 0 aliphatic carbocycles. The lowest BCUT2D eigenvalue weighted by Crippen LogP contribution is -2.36. The van der Waals surface area contributed by atoms with Crippen LogP contribution in [0.15, 0.2) is 23.1 Å². The molecule has 0 aromatic heterocycles. The van der Waals surface area contributed by atoms with E-state index in [0.717, 1.165) is 6.07 Å². The Balaban J connectivity index is 2.96. The Hall–Kier alpha value is -1.66. The summed E-state index contributed by atoms with van der Waals surface area (Å²) in [4.78, 5) is 10.1. The van der Waals surface area contributed by atoms with Crippen LogP contribution in [0.5, 0.6) is 0 Å². The van der Waals surface area contributed by atoms with Crippen LogP contribution in [0.2, 0.25) is 5.02 Å². The van der Waals surface area contributed by atoms with E-state index in [1.54, 1.807) is 6.07 Å². The van der Waals surface area contributed by atoms with Crippen LogP contribution in [0.4, 0.5) is 0 Å². The van der Waals surface area contributed by atoms with Crippen LogP contribution in [0, 0.1) is 11.3 Å². The molecule has 0 spiro atoms. The molecule has 0 unspecified atom stereocenters. The Bertz CT molecular complexity index is 638. The fraction of sp³-hybridized carbons (Fsp3) is 0.200. The highest BCUT2D eigenvalue weighted by molar-refractivity contribution is 7.89. The standard InChI is InChI=1S/C10H9ClN2O5S/c11-7-3-6(4-12)1-2-9(7)19(17,18)13-5-8(14)10(15)16/h1-3,8,13-14H,5H2,(H,15,16)/t8-/m0/s1. The number of aliphatic hydroxyl groups is 1. The van der Waals surface area contributed by atoms with E-state index in [4.69, 9.17) is 27.1 Å². The Kier molecular flexibility index (Phi) is 4.85. The van der Waals surface area contributed by atoms with Gasteiger partial charge in [0, 0.05) is 6.54 Å². The summed E-state index contributed by atoms with van der Waals surface area (Å²) in [5.74, 6) is -1.55. The molecule has 1 aromatic rings. The molecule has 0 saturated heterocycles. The van der Waals surface area contributed by atoms with Gasteiger partial charge in [0.05, 0.1) is 16.7 Å². The molecule has 0 saturated carbocycles. The van der Waals surface area contributed by atoms with Crippen molar-refractivity contribution in [1.29, 1.82) is 5.26 Å². The maximum absolute atomic E-state index is 11.8. The average molecular weight is 305 g/mol. The van der Waals surface area contributed by atoms with Crippen molar-refractivity contribution in [2.75, 3.05) is 6.54 Å². The highest BCUT2D eigenvalue weighted by atomic mass is 35.5. The van der Waals surface area contributed by atoms with Gasteiger partial charge >= 0.3 is 5.97 Å². The van der Waals surface area contributed by atoms with Gasteiger partial charge in [-0.25, -0.2) is 17.9 Å². The molecule has 0 fully saturated rings. The number of hydrogen-bond acceptors (Lipinski definition) is 5. The van der Waals surface area contributed by atoms with Gasteiger partial charge in [0.15, 0.2) is 6.10 Å². The number of aliphatic hydroxyl groups excluding tert-OH is 1. The van der Waals surface area contributed by atoms with Crippen molar-refractivity contribution < 1.29 is 23.4 Å². The lowest BCUT2D eigenvalue weighted by Gasteiger charge is -2.10. The van der Waals surface area contributed by atoms with Crippen molar-refractivity contribution in [3.63, 3.8) is 0 Å². The van der Waals surface area contributed by atoms with Gasteiger partial charge in [-0.3, -0.25) is 0 Å². The van der Waals surface area contributed by atoms with E-state index in [9.17, 15) is 13.2 Å². The monoisotopic (exact) mass is 304 g/mol. The van der Waals surface area contributed by atoms with E-state index in [1.165, 1.54) is 12.1 Å². The third-order valence-corrected chi connectivity index (χ3v) is 4.01. The van der Waals surface area contributed by atoms with Gasteiger partial charge < -0.3 is 10.2 Å². The van der Waals surface area contributed by atoms with Gasteiger partial charge in [-0.15, -0.1) is 0 Å². The number of aliphatic carboxylic acids is 1. The normalized spacial score (nSPS) is 12.7. The summed E-state index contributed by atoms with van der Waals surface area (Å²) in [5, 5.41) is 25.9. The first-order valence-corrected chi connectivity index (χ1v) is 6.74. The van der Waals surface area contributed by atoms with E-state index in [0.29, 0.717) is 0 Å². The molecular formula is C10H9ClN2O5S. The zero-order valence-corrected chi connectivity index (χ0v) is 10.9.